The minimum atomic E-state index is 0.0745. The Balaban J connectivity index is 1.78. The van der Waals surface area contributed by atoms with E-state index in [2.05, 4.69) is 0 Å². The third-order valence-corrected chi connectivity index (χ3v) is 2.51. The van der Waals surface area contributed by atoms with Gasteiger partial charge in [-0.05, 0) is 31.4 Å². The molecule has 0 amide bonds. The van der Waals surface area contributed by atoms with Crippen molar-refractivity contribution < 1.29 is 13.9 Å². The van der Waals surface area contributed by atoms with Crippen LogP contribution in [0.25, 0.3) is 0 Å². The molecule has 2 heterocycles. The lowest BCUT2D eigenvalue weighted by Gasteiger charge is -2.06. The fraction of sp³-hybridized carbons (Fsp3) is 0.545. The molecular formula is C11H14O3. The van der Waals surface area contributed by atoms with E-state index in [9.17, 15) is 4.79 Å². The molecule has 14 heavy (non-hydrogen) atoms. The highest BCUT2D eigenvalue weighted by Gasteiger charge is 2.17. The molecule has 0 aromatic carbocycles. The molecule has 0 saturated carbocycles. The van der Waals surface area contributed by atoms with E-state index < -0.39 is 0 Å². The van der Waals surface area contributed by atoms with Crippen LogP contribution < -0.4 is 0 Å². The van der Waals surface area contributed by atoms with Crippen molar-refractivity contribution in [3.05, 3.63) is 24.2 Å². The lowest BCUT2D eigenvalue weighted by molar-refractivity contribution is 0.0840. The molecule has 1 aromatic rings. The normalized spacial score (nSPS) is 21.3. The summed E-state index contributed by atoms with van der Waals surface area (Å²) < 4.78 is 10.5. The highest BCUT2D eigenvalue weighted by molar-refractivity contribution is 5.93. The number of furan rings is 1. The van der Waals surface area contributed by atoms with E-state index in [-0.39, 0.29) is 11.9 Å². The summed E-state index contributed by atoms with van der Waals surface area (Å²) in [5.41, 5.74) is 0. The van der Waals surface area contributed by atoms with Crippen LogP contribution in [0.3, 0.4) is 0 Å². The van der Waals surface area contributed by atoms with Gasteiger partial charge in [0.25, 0.3) is 0 Å². The van der Waals surface area contributed by atoms with Gasteiger partial charge in [0, 0.05) is 13.0 Å². The van der Waals surface area contributed by atoms with Crippen molar-refractivity contribution in [1.82, 2.24) is 0 Å². The first-order valence-corrected chi connectivity index (χ1v) is 5.04. The Morgan fingerprint density at radius 1 is 1.57 bits per heavy atom. The second-order valence-electron chi connectivity index (χ2n) is 3.57. The third kappa shape index (κ3) is 2.23. The van der Waals surface area contributed by atoms with Gasteiger partial charge in [-0.15, -0.1) is 0 Å². The van der Waals surface area contributed by atoms with E-state index in [0.29, 0.717) is 12.2 Å². The molecule has 0 radical (unpaired) electrons. The highest BCUT2D eigenvalue weighted by Crippen LogP contribution is 2.18. The molecule has 1 fully saturated rings. The summed E-state index contributed by atoms with van der Waals surface area (Å²) in [5.74, 6) is 0.536. The highest BCUT2D eigenvalue weighted by atomic mass is 16.5. The second-order valence-corrected chi connectivity index (χ2v) is 3.57. The molecule has 0 aliphatic carbocycles. The molecule has 1 atom stereocenters. The largest absolute Gasteiger partial charge is 0.461 e. The molecule has 0 spiro atoms. The summed E-state index contributed by atoms with van der Waals surface area (Å²) in [7, 11) is 0. The zero-order valence-corrected chi connectivity index (χ0v) is 8.07. The number of ether oxygens (including phenoxy) is 1. The fourth-order valence-electron chi connectivity index (χ4n) is 1.72. The summed E-state index contributed by atoms with van der Waals surface area (Å²) in [6, 6.07) is 3.44. The van der Waals surface area contributed by atoms with Crippen molar-refractivity contribution in [2.45, 2.75) is 31.8 Å². The van der Waals surface area contributed by atoms with Crippen LogP contribution in [0.4, 0.5) is 0 Å². The molecule has 2 rings (SSSR count). The average Bonchev–Trinajstić information content (AvgIpc) is 2.87. The molecule has 3 heteroatoms. The number of Topliss-reactive ketones (excluding diaryl/α,β-unsaturated/α-hetero) is 1. The van der Waals surface area contributed by atoms with Gasteiger partial charge >= 0.3 is 0 Å². The maximum Gasteiger partial charge on any atom is 0.198 e. The van der Waals surface area contributed by atoms with Gasteiger partial charge in [0.1, 0.15) is 0 Å². The van der Waals surface area contributed by atoms with Crippen molar-refractivity contribution >= 4 is 5.78 Å². The number of carbonyl (C=O) groups is 1. The molecule has 3 nitrogen and oxygen atoms in total. The minimum absolute atomic E-state index is 0.0745. The van der Waals surface area contributed by atoms with E-state index in [0.717, 1.165) is 25.9 Å². The van der Waals surface area contributed by atoms with Gasteiger partial charge in [-0.25, -0.2) is 0 Å². The first-order valence-electron chi connectivity index (χ1n) is 5.04. The predicted molar refractivity (Wildman–Crippen MR) is 51.2 cm³/mol. The van der Waals surface area contributed by atoms with Gasteiger partial charge in [-0.1, -0.05) is 0 Å². The number of hydrogen-bond acceptors (Lipinski definition) is 3. The minimum Gasteiger partial charge on any atom is -0.461 e. The van der Waals surface area contributed by atoms with Gasteiger partial charge in [0.05, 0.1) is 12.4 Å². The van der Waals surface area contributed by atoms with Crippen LogP contribution in [0.2, 0.25) is 0 Å². The molecule has 1 aromatic heterocycles. The summed E-state index contributed by atoms with van der Waals surface area (Å²) in [6.07, 6.45) is 5.37. The Morgan fingerprint density at radius 2 is 2.50 bits per heavy atom. The maximum absolute atomic E-state index is 11.5. The molecule has 0 bridgehead atoms. The van der Waals surface area contributed by atoms with Crippen LogP contribution >= 0.6 is 0 Å². The van der Waals surface area contributed by atoms with Crippen molar-refractivity contribution in [2.75, 3.05) is 6.61 Å². The Labute approximate surface area is 83.0 Å². The first kappa shape index (κ1) is 9.46. The summed E-state index contributed by atoms with van der Waals surface area (Å²) in [6.45, 7) is 0.847. The molecule has 0 N–H and O–H groups in total. The number of ketones is 1. The summed E-state index contributed by atoms with van der Waals surface area (Å²) >= 11 is 0. The molecule has 1 aliphatic rings. The van der Waals surface area contributed by atoms with Crippen LogP contribution in [0.5, 0.6) is 0 Å². The molecule has 1 aliphatic heterocycles. The van der Waals surface area contributed by atoms with Gasteiger partial charge in [0.15, 0.2) is 11.5 Å². The van der Waals surface area contributed by atoms with Gasteiger partial charge in [-0.3, -0.25) is 4.79 Å². The van der Waals surface area contributed by atoms with Crippen molar-refractivity contribution in [3.63, 3.8) is 0 Å². The smallest absolute Gasteiger partial charge is 0.198 e. The van der Waals surface area contributed by atoms with E-state index in [1.807, 2.05) is 0 Å². The van der Waals surface area contributed by atoms with E-state index >= 15 is 0 Å². The second kappa shape index (κ2) is 4.42. The lowest BCUT2D eigenvalue weighted by atomic mass is 10.1. The first-order chi connectivity index (χ1) is 6.86. The van der Waals surface area contributed by atoms with Crippen LogP contribution in [0.15, 0.2) is 22.8 Å². The lowest BCUT2D eigenvalue weighted by Crippen LogP contribution is -2.08. The van der Waals surface area contributed by atoms with E-state index in [1.54, 1.807) is 12.1 Å². The Bertz CT molecular complexity index is 283. The Hall–Kier alpha value is -1.09. The van der Waals surface area contributed by atoms with E-state index in [4.69, 9.17) is 9.15 Å². The monoisotopic (exact) mass is 194 g/mol. The SMILES string of the molecule is O=C(CCC1CCCO1)c1ccco1. The summed E-state index contributed by atoms with van der Waals surface area (Å²) in [4.78, 5) is 11.5. The third-order valence-electron chi connectivity index (χ3n) is 2.51. The van der Waals surface area contributed by atoms with Crippen molar-refractivity contribution in [1.29, 1.82) is 0 Å². The maximum atomic E-state index is 11.5. The van der Waals surface area contributed by atoms with Crippen LogP contribution in [0.1, 0.15) is 36.2 Å². The zero-order chi connectivity index (χ0) is 9.80. The Morgan fingerprint density at radius 3 is 3.14 bits per heavy atom. The van der Waals surface area contributed by atoms with Crippen LogP contribution in [-0.2, 0) is 4.74 Å². The van der Waals surface area contributed by atoms with Crippen molar-refractivity contribution in [3.8, 4) is 0 Å². The zero-order valence-electron chi connectivity index (χ0n) is 8.07. The Kier molecular flexibility index (Phi) is 2.99. The predicted octanol–water partition coefficient (Wildman–Crippen LogP) is 2.42. The average molecular weight is 194 g/mol. The standard InChI is InChI=1S/C11H14O3/c12-10(11-4-2-8-14-11)6-5-9-3-1-7-13-9/h2,4,8-9H,1,3,5-7H2. The quantitative estimate of drug-likeness (QED) is 0.691. The molecule has 76 valence electrons. The molecule has 1 saturated heterocycles. The number of rotatable bonds is 4. The molecular weight excluding hydrogens is 180 g/mol. The van der Waals surface area contributed by atoms with Crippen molar-refractivity contribution in [2.24, 2.45) is 0 Å². The number of carbonyl (C=O) groups excluding carboxylic acids is 1. The fourth-order valence-corrected chi connectivity index (χ4v) is 1.72. The summed E-state index contributed by atoms with van der Waals surface area (Å²) in [5, 5.41) is 0. The van der Waals surface area contributed by atoms with Gasteiger partial charge in [0.2, 0.25) is 0 Å². The van der Waals surface area contributed by atoms with Crippen LogP contribution in [0, 0.1) is 0 Å². The van der Waals surface area contributed by atoms with E-state index in [1.165, 1.54) is 6.26 Å². The van der Waals surface area contributed by atoms with Crippen LogP contribution in [-0.4, -0.2) is 18.5 Å². The number of hydrogen-bond donors (Lipinski definition) is 0. The topological polar surface area (TPSA) is 39.4 Å². The van der Waals surface area contributed by atoms with Gasteiger partial charge in [-0.2, -0.15) is 0 Å². The van der Waals surface area contributed by atoms with Gasteiger partial charge < -0.3 is 9.15 Å². The molecule has 1 unspecified atom stereocenters.